The maximum atomic E-state index is 14.0. The molecule has 1 atom stereocenters. The number of carbonyl (C=O) groups is 2. The lowest BCUT2D eigenvalue weighted by atomic mass is 10.1. The number of carbonyl (C=O) groups excluding carboxylic acids is 2. The second kappa shape index (κ2) is 13.1. The maximum Gasteiger partial charge on any atom is 0.264 e. The molecule has 1 aliphatic rings. The third-order valence-electron chi connectivity index (χ3n) is 7.11. The van der Waals surface area contributed by atoms with E-state index in [4.69, 9.17) is 23.2 Å². The highest BCUT2D eigenvalue weighted by atomic mass is 35.5. The number of hydrogen-bond acceptors (Lipinski definition) is 4. The Morgan fingerprint density at radius 1 is 0.950 bits per heavy atom. The molecule has 0 spiro atoms. The lowest BCUT2D eigenvalue weighted by Crippen LogP contribution is -2.52. The zero-order valence-corrected chi connectivity index (χ0v) is 24.8. The molecule has 0 radical (unpaired) electrons. The van der Waals surface area contributed by atoms with Gasteiger partial charge in [-0.05, 0) is 62.6 Å². The van der Waals surface area contributed by atoms with Crippen molar-refractivity contribution in [3.63, 3.8) is 0 Å². The Morgan fingerprint density at radius 2 is 1.65 bits per heavy atom. The summed E-state index contributed by atoms with van der Waals surface area (Å²) < 4.78 is 28.7. The molecule has 1 fully saturated rings. The summed E-state index contributed by atoms with van der Waals surface area (Å²) >= 11 is 12.3. The van der Waals surface area contributed by atoms with Gasteiger partial charge in [0.1, 0.15) is 12.6 Å². The third-order valence-corrected chi connectivity index (χ3v) is 9.63. The number of nitrogens with one attached hydrogen (secondary N) is 1. The van der Waals surface area contributed by atoms with Gasteiger partial charge in [-0.2, -0.15) is 0 Å². The van der Waals surface area contributed by atoms with Gasteiger partial charge in [-0.1, -0.05) is 84.1 Å². The van der Waals surface area contributed by atoms with Crippen molar-refractivity contribution in [2.24, 2.45) is 0 Å². The van der Waals surface area contributed by atoms with E-state index in [9.17, 15) is 18.0 Å². The molecule has 0 saturated heterocycles. The van der Waals surface area contributed by atoms with E-state index in [0.717, 1.165) is 41.1 Å². The molecule has 0 bridgehead atoms. The van der Waals surface area contributed by atoms with Crippen LogP contribution in [0.25, 0.3) is 0 Å². The summed E-state index contributed by atoms with van der Waals surface area (Å²) in [6, 6.07) is 19.2. The number of sulfonamides is 1. The summed E-state index contributed by atoms with van der Waals surface area (Å²) in [6.45, 7) is 3.22. The normalized spacial score (nSPS) is 14.5. The van der Waals surface area contributed by atoms with Gasteiger partial charge in [-0.3, -0.25) is 13.9 Å². The predicted octanol–water partition coefficient (Wildman–Crippen LogP) is 5.97. The Bertz CT molecular complexity index is 1460. The van der Waals surface area contributed by atoms with E-state index in [1.807, 2.05) is 31.2 Å². The van der Waals surface area contributed by atoms with E-state index in [-0.39, 0.29) is 39.1 Å². The molecular weight excluding hydrogens is 569 g/mol. The molecule has 10 heteroatoms. The Labute approximate surface area is 246 Å². The second-order valence-electron chi connectivity index (χ2n) is 10.1. The Balaban J connectivity index is 1.69. The molecule has 0 heterocycles. The number of halogens is 2. The molecule has 1 N–H and O–H groups in total. The van der Waals surface area contributed by atoms with Crippen LogP contribution < -0.4 is 9.62 Å². The molecule has 0 aromatic heterocycles. The van der Waals surface area contributed by atoms with Crippen LogP contribution in [0.3, 0.4) is 0 Å². The Morgan fingerprint density at radius 3 is 2.30 bits per heavy atom. The highest BCUT2D eigenvalue weighted by molar-refractivity contribution is 7.92. The molecule has 212 valence electrons. The predicted molar refractivity (Wildman–Crippen MR) is 159 cm³/mol. The van der Waals surface area contributed by atoms with Gasteiger partial charge in [0.2, 0.25) is 11.8 Å². The maximum absolute atomic E-state index is 14.0. The number of benzene rings is 3. The summed E-state index contributed by atoms with van der Waals surface area (Å²) in [5.41, 5.74) is 2.03. The van der Waals surface area contributed by atoms with Crippen LogP contribution in [0.5, 0.6) is 0 Å². The van der Waals surface area contributed by atoms with Gasteiger partial charge in [0.05, 0.1) is 20.6 Å². The van der Waals surface area contributed by atoms with Gasteiger partial charge in [0, 0.05) is 12.6 Å². The fraction of sp³-hybridized carbons (Fsp3) is 0.333. The average Bonchev–Trinajstić information content (AvgIpc) is 3.45. The molecular formula is C30H33Cl2N3O4S. The van der Waals surface area contributed by atoms with Crippen molar-refractivity contribution < 1.29 is 18.0 Å². The van der Waals surface area contributed by atoms with Crippen molar-refractivity contribution in [2.75, 3.05) is 10.8 Å². The monoisotopic (exact) mass is 601 g/mol. The van der Waals surface area contributed by atoms with Gasteiger partial charge >= 0.3 is 0 Å². The quantitative estimate of drug-likeness (QED) is 0.310. The molecule has 4 rings (SSSR count). The zero-order valence-electron chi connectivity index (χ0n) is 22.5. The zero-order chi connectivity index (χ0) is 28.9. The highest BCUT2D eigenvalue weighted by Gasteiger charge is 2.33. The van der Waals surface area contributed by atoms with Crippen LogP contribution in [0.15, 0.2) is 77.7 Å². The largest absolute Gasteiger partial charge is 0.352 e. The van der Waals surface area contributed by atoms with Crippen LogP contribution >= 0.6 is 23.2 Å². The molecule has 2 amide bonds. The topological polar surface area (TPSA) is 86.8 Å². The number of rotatable bonds is 10. The van der Waals surface area contributed by atoms with Crippen LogP contribution in [0.4, 0.5) is 5.69 Å². The van der Waals surface area contributed by atoms with E-state index in [1.54, 1.807) is 25.1 Å². The molecule has 40 heavy (non-hydrogen) atoms. The molecule has 0 aliphatic heterocycles. The van der Waals surface area contributed by atoms with Crippen LogP contribution in [-0.2, 0) is 26.2 Å². The summed E-state index contributed by atoms with van der Waals surface area (Å²) in [5, 5.41) is 3.48. The molecule has 3 aromatic carbocycles. The Kier molecular flexibility index (Phi) is 9.77. The smallest absolute Gasteiger partial charge is 0.264 e. The van der Waals surface area contributed by atoms with Crippen LogP contribution in [0.1, 0.15) is 43.7 Å². The van der Waals surface area contributed by atoms with Gasteiger partial charge < -0.3 is 10.2 Å². The number of aryl methyl sites for hydroxylation is 1. The minimum absolute atomic E-state index is 0.0196. The van der Waals surface area contributed by atoms with Crippen LogP contribution in [0.2, 0.25) is 10.0 Å². The van der Waals surface area contributed by atoms with Crippen LogP contribution in [0, 0.1) is 6.92 Å². The SMILES string of the molecule is Cc1cccc(CN(C(=O)CN(c2ccc(Cl)c(Cl)c2)S(=O)(=O)c2ccccc2)[C@H](C)C(=O)NC2CCCC2)c1. The van der Waals surface area contributed by atoms with Gasteiger partial charge in [0.15, 0.2) is 0 Å². The summed E-state index contributed by atoms with van der Waals surface area (Å²) in [4.78, 5) is 28.8. The van der Waals surface area contributed by atoms with Crippen molar-refractivity contribution in [2.45, 2.75) is 63.1 Å². The average molecular weight is 603 g/mol. The second-order valence-corrected chi connectivity index (χ2v) is 12.8. The summed E-state index contributed by atoms with van der Waals surface area (Å²) in [6.07, 6.45) is 3.93. The lowest BCUT2D eigenvalue weighted by molar-refractivity contribution is -0.139. The van der Waals surface area contributed by atoms with Crippen molar-refractivity contribution in [1.29, 1.82) is 0 Å². The van der Waals surface area contributed by atoms with Crippen molar-refractivity contribution >= 4 is 50.7 Å². The molecule has 7 nitrogen and oxygen atoms in total. The fourth-order valence-electron chi connectivity index (χ4n) is 4.87. The first-order valence-corrected chi connectivity index (χ1v) is 15.4. The van der Waals surface area contributed by atoms with Crippen LogP contribution in [-0.4, -0.2) is 43.8 Å². The van der Waals surface area contributed by atoms with Gasteiger partial charge in [0.25, 0.3) is 10.0 Å². The van der Waals surface area contributed by atoms with Crippen molar-refractivity contribution in [1.82, 2.24) is 10.2 Å². The first-order chi connectivity index (χ1) is 19.1. The number of hydrogen-bond donors (Lipinski definition) is 1. The van der Waals surface area contributed by atoms with Crippen molar-refractivity contribution in [3.8, 4) is 0 Å². The van der Waals surface area contributed by atoms with Gasteiger partial charge in [-0.15, -0.1) is 0 Å². The highest BCUT2D eigenvalue weighted by Crippen LogP contribution is 2.31. The third kappa shape index (κ3) is 7.16. The van der Waals surface area contributed by atoms with E-state index in [1.165, 1.54) is 35.2 Å². The van der Waals surface area contributed by atoms with E-state index >= 15 is 0 Å². The Hall–Kier alpha value is -3.07. The van der Waals surface area contributed by atoms with E-state index < -0.39 is 28.5 Å². The van der Waals surface area contributed by atoms with E-state index in [2.05, 4.69) is 5.32 Å². The number of amides is 2. The lowest BCUT2D eigenvalue weighted by Gasteiger charge is -2.32. The minimum Gasteiger partial charge on any atom is -0.352 e. The molecule has 3 aromatic rings. The first kappa shape index (κ1) is 29.9. The first-order valence-electron chi connectivity index (χ1n) is 13.2. The summed E-state index contributed by atoms with van der Waals surface area (Å²) in [7, 11) is -4.17. The summed E-state index contributed by atoms with van der Waals surface area (Å²) in [5.74, 6) is -0.791. The van der Waals surface area contributed by atoms with E-state index in [0.29, 0.717) is 0 Å². The van der Waals surface area contributed by atoms with Gasteiger partial charge in [-0.25, -0.2) is 8.42 Å². The fourth-order valence-corrected chi connectivity index (χ4v) is 6.59. The molecule has 0 unspecified atom stereocenters. The molecule has 1 aliphatic carbocycles. The van der Waals surface area contributed by atoms with Crippen molar-refractivity contribution in [3.05, 3.63) is 94.0 Å². The molecule has 1 saturated carbocycles. The standard InChI is InChI=1S/C30H33Cl2N3O4S/c1-21-9-8-10-23(17-21)19-34(22(2)30(37)33-24-11-6-7-12-24)29(36)20-35(25-15-16-27(31)28(32)18-25)40(38,39)26-13-4-3-5-14-26/h3-5,8-10,13-18,22,24H,6-7,11-12,19-20H2,1-2H3,(H,33,37)/t22-/m1/s1. The minimum atomic E-state index is -4.17. The number of anilines is 1. The number of nitrogens with zero attached hydrogens (tertiary/aromatic N) is 2.